The molecule has 0 aromatic rings. The third kappa shape index (κ3) is 5.71. The first-order valence-corrected chi connectivity index (χ1v) is 5.26. The van der Waals surface area contributed by atoms with Crippen LogP contribution in [-0.4, -0.2) is 63.4 Å². The maximum atomic E-state index is 11.1. The second kappa shape index (κ2) is 7.62. The Morgan fingerprint density at radius 2 is 2.20 bits per heavy atom. The molecule has 1 radical (unpaired) electrons. The number of hydrogen-bond donors (Lipinski definition) is 1. The molecule has 0 aromatic heterocycles. The molecule has 0 aromatic carbocycles. The molecule has 0 unspecified atom stereocenters. The fourth-order valence-electron chi connectivity index (χ4n) is 1.39. The highest BCUT2D eigenvalue weighted by Gasteiger charge is 2.09. The van der Waals surface area contributed by atoms with E-state index in [0.29, 0.717) is 13.2 Å². The highest BCUT2D eigenvalue weighted by molar-refractivity contribution is 5.77. The molecule has 5 nitrogen and oxygen atoms in total. The lowest BCUT2D eigenvalue weighted by molar-refractivity contribution is -0.125. The van der Waals surface area contributed by atoms with Crippen LogP contribution in [0.15, 0.2) is 0 Å². The van der Waals surface area contributed by atoms with E-state index in [1.54, 1.807) is 0 Å². The maximum Gasteiger partial charge on any atom is 0.246 e. The van der Waals surface area contributed by atoms with Gasteiger partial charge in [-0.15, -0.1) is 0 Å². The minimum atomic E-state index is -0.0769. The molecule has 1 heterocycles. The zero-order chi connectivity index (χ0) is 10.9. The van der Waals surface area contributed by atoms with Crippen LogP contribution in [0.25, 0.3) is 0 Å². The van der Waals surface area contributed by atoms with Crippen molar-refractivity contribution >= 4 is 5.91 Å². The van der Waals surface area contributed by atoms with Gasteiger partial charge in [-0.1, -0.05) is 0 Å². The summed E-state index contributed by atoms with van der Waals surface area (Å²) < 4.78 is 10.1. The molecular weight excluding hydrogens is 196 g/mol. The molecule has 0 atom stereocenters. The lowest BCUT2D eigenvalue weighted by Crippen LogP contribution is -2.41. The minimum absolute atomic E-state index is 0.0769. The van der Waals surface area contributed by atoms with E-state index in [-0.39, 0.29) is 12.5 Å². The van der Waals surface area contributed by atoms with Crippen molar-refractivity contribution in [1.82, 2.24) is 10.2 Å². The molecule has 1 aliphatic rings. The first-order chi connectivity index (χ1) is 7.33. The van der Waals surface area contributed by atoms with E-state index in [4.69, 9.17) is 9.47 Å². The predicted molar refractivity (Wildman–Crippen MR) is 56.4 cm³/mol. The van der Waals surface area contributed by atoms with Crippen LogP contribution in [0.5, 0.6) is 0 Å². The Hall–Kier alpha value is -0.650. The Bertz CT molecular complexity index is 182. The van der Waals surface area contributed by atoms with E-state index in [1.165, 1.54) is 0 Å². The summed E-state index contributed by atoms with van der Waals surface area (Å²) in [6.45, 7) is 8.94. The van der Waals surface area contributed by atoms with Crippen molar-refractivity contribution in [3.8, 4) is 0 Å². The topological polar surface area (TPSA) is 50.8 Å². The average molecular weight is 215 g/mol. The largest absolute Gasteiger partial charge is 0.379 e. The molecule has 15 heavy (non-hydrogen) atoms. The average Bonchev–Trinajstić information content (AvgIpc) is 2.28. The van der Waals surface area contributed by atoms with Crippen LogP contribution < -0.4 is 5.32 Å². The summed E-state index contributed by atoms with van der Waals surface area (Å²) in [6.07, 6.45) is 0. The summed E-state index contributed by atoms with van der Waals surface area (Å²) in [5.74, 6) is -0.0769. The molecule has 0 spiro atoms. The molecule has 1 fully saturated rings. The van der Waals surface area contributed by atoms with Crippen LogP contribution in [0.2, 0.25) is 0 Å². The smallest absolute Gasteiger partial charge is 0.246 e. The van der Waals surface area contributed by atoms with Crippen molar-refractivity contribution in [2.45, 2.75) is 0 Å². The summed E-state index contributed by atoms with van der Waals surface area (Å²) in [5.41, 5.74) is 0. The van der Waals surface area contributed by atoms with Crippen molar-refractivity contribution in [3.05, 3.63) is 6.92 Å². The second-order valence-corrected chi connectivity index (χ2v) is 3.36. The van der Waals surface area contributed by atoms with Gasteiger partial charge in [0, 0.05) is 32.8 Å². The van der Waals surface area contributed by atoms with Gasteiger partial charge in [0.15, 0.2) is 0 Å². The molecule has 5 heteroatoms. The molecule has 1 rings (SSSR count). The molecular formula is C10H19N2O3. The summed E-state index contributed by atoms with van der Waals surface area (Å²) in [6, 6.07) is 0. The third-order valence-electron chi connectivity index (χ3n) is 2.23. The van der Waals surface area contributed by atoms with E-state index in [0.717, 1.165) is 32.8 Å². The number of nitrogens with one attached hydrogen (secondary N) is 1. The van der Waals surface area contributed by atoms with Crippen molar-refractivity contribution < 1.29 is 14.3 Å². The molecule has 1 aliphatic heterocycles. The molecule has 0 bridgehead atoms. The van der Waals surface area contributed by atoms with Gasteiger partial charge in [-0.05, 0) is 6.92 Å². The molecule has 87 valence electrons. The monoisotopic (exact) mass is 215 g/mol. The highest BCUT2D eigenvalue weighted by Crippen LogP contribution is 1.94. The molecule has 1 N–H and O–H groups in total. The van der Waals surface area contributed by atoms with Gasteiger partial charge < -0.3 is 14.8 Å². The zero-order valence-corrected chi connectivity index (χ0v) is 9.04. The fraction of sp³-hybridized carbons (Fsp3) is 0.800. The quantitative estimate of drug-likeness (QED) is 0.635. The number of hydrogen-bond acceptors (Lipinski definition) is 4. The number of ether oxygens (including phenoxy) is 2. The summed E-state index contributed by atoms with van der Waals surface area (Å²) in [4.78, 5) is 13.4. The number of carbonyl (C=O) groups is 1. The van der Waals surface area contributed by atoms with Gasteiger partial charge in [0.1, 0.15) is 6.61 Å². The summed E-state index contributed by atoms with van der Waals surface area (Å²) >= 11 is 0. The lowest BCUT2D eigenvalue weighted by atomic mass is 10.4. The van der Waals surface area contributed by atoms with Crippen LogP contribution in [0.4, 0.5) is 0 Å². The number of amides is 1. The van der Waals surface area contributed by atoms with Crippen LogP contribution in [0.3, 0.4) is 0 Å². The van der Waals surface area contributed by atoms with Crippen LogP contribution in [0.1, 0.15) is 0 Å². The Morgan fingerprint density at radius 3 is 2.87 bits per heavy atom. The minimum Gasteiger partial charge on any atom is -0.379 e. The summed E-state index contributed by atoms with van der Waals surface area (Å²) in [7, 11) is 0. The van der Waals surface area contributed by atoms with Gasteiger partial charge in [0.05, 0.1) is 13.2 Å². The van der Waals surface area contributed by atoms with Crippen molar-refractivity contribution in [2.24, 2.45) is 0 Å². The lowest BCUT2D eigenvalue weighted by Gasteiger charge is -2.26. The number of carbonyl (C=O) groups excluding carboxylic acids is 1. The van der Waals surface area contributed by atoms with E-state index in [9.17, 15) is 4.79 Å². The van der Waals surface area contributed by atoms with Crippen LogP contribution in [-0.2, 0) is 14.3 Å². The number of nitrogens with zero attached hydrogens (tertiary/aromatic N) is 1. The molecule has 1 saturated heterocycles. The van der Waals surface area contributed by atoms with Crippen molar-refractivity contribution in [2.75, 3.05) is 52.6 Å². The van der Waals surface area contributed by atoms with Gasteiger partial charge >= 0.3 is 0 Å². The standard InChI is InChI=1S/C10H19N2O3/c1-2-14-9-10(13)11-3-4-12-5-7-15-8-6-12/h1-9H2,(H,11,13). The predicted octanol–water partition coefficient (Wildman–Crippen LogP) is -0.715. The van der Waals surface area contributed by atoms with Gasteiger partial charge in [0.2, 0.25) is 5.91 Å². The maximum absolute atomic E-state index is 11.1. The summed E-state index contributed by atoms with van der Waals surface area (Å²) in [5, 5.41) is 2.79. The molecule has 1 amide bonds. The van der Waals surface area contributed by atoms with Crippen LogP contribution >= 0.6 is 0 Å². The van der Waals surface area contributed by atoms with E-state index in [1.807, 2.05) is 0 Å². The Kier molecular flexibility index (Phi) is 6.31. The van der Waals surface area contributed by atoms with Crippen molar-refractivity contribution in [1.29, 1.82) is 0 Å². The second-order valence-electron chi connectivity index (χ2n) is 3.36. The molecule has 0 saturated carbocycles. The Morgan fingerprint density at radius 1 is 1.47 bits per heavy atom. The van der Waals surface area contributed by atoms with E-state index < -0.39 is 0 Å². The normalized spacial score (nSPS) is 17.7. The van der Waals surface area contributed by atoms with Crippen LogP contribution in [0, 0.1) is 6.92 Å². The van der Waals surface area contributed by atoms with Gasteiger partial charge in [-0.25, -0.2) is 0 Å². The van der Waals surface area contributed by atoms with Gasteiger partial charge in [0.25, 0.3) is 0 Å². The number of rotatable bonds is 6. The molecule has 0 aliphatic carbocycles. The van der Waals surface area contributed by atoms with E-state index in [2.05, 4.69) is 17.1 Å². The SMILES string of the molecule is [CH2]COCC(=O)NCCN1CCOCC1. The van der Waals surface area contributed by atoms with Gasteiger partial charge in [-0.3, -0.25) is 9.69 Å². The third-order valence-corrected chi connectivity index (χ3v) is 2.23. The number of morpholine rings is 1. The Labute approximate surface area is 90.7 Å². The fourth-order valence-corrected chi connectivity index (χ4v) is 1.39. The Balaban J connectivity index is 1.97. The van der Waals surface area contributed by atoms with Crippen molar-refractivity contribution in [3.63, 3.8) is 0 Å². The van der Waals surface area contributed by atoms with E-state index >= 15 is 0 Å². The first-order valence-electron chi connectivity index (χ1n) is 5.26. The van der Waals surface area contributed by atoms with Gasteiger partial charge in [-0.2, -0.15) is 0 Å². The first kappa shape index (κ1) is 12.4. The zero-order valence-electron chi connectivity index (χ0n) is 9.04. The highest BCUT2D eigenvalue weighted by atomic mass is 16.5.